The highest BCUT2D eigenvalue weighted by atomic mass is 16.5. The highest BCUT2D eigenvalue weighted by molar-refractivity contribution is 5.71. The highest BCUT2D eigenvalue weighted by Gasteiger charge is 2.41. The van der Waals surface area contributed by atoms with Crippen molar-refractivity contribution in [3.8, 4) is 0 Å². The van der Waals surface area contributed by atoms with Gasteiger partial charge in [0.2, 0.25) is 0 Å². The topological polar surface area (TPSA) is 46.5 Å². The summed E-state index contributed by atoms with van der Waals surface area (Å²) in [7, 11) is 0. The van der Waals surface area contributed by atoms with Crippen LogP contribution in [-0.2, 0) is 9.53 Å². The van der Waals surface area contributed by atoms with Crippen LogP contribution in [-0.4, -0.2) is 24.3 Å². The maximum Gasteiger partial charge on any atom is 0.307 e. The van der Waals surface area contributed by atoms with E-state index >= 15 is 0 Å². The second kappa shape index (κ2) is 3.05. The number of hydrogen-bond acceptors (Lipinski definition) is 2. The zero-order valence-corrected chi connectivity index (χ0v) is 7.03. The van der Waals surface area contributed by atoms with Gasteiger partial charge in [-0.1, -0.05) is 6.42 Å². The van der Waals surface area contributed by atoms with E-state index < -0.39 is 5.97 Å². The molecule has 0 radical (unpaired) electrons. The summed E-state index contributed by atoms with van der Waals surface area (Å²) in [5, 5.41) is 8.99. The molecular formula is C9H14O3. The molecule has 0 aromatic rings. The number of hydrogen-bond donors (Lipinski definition) is 1. The first-order valence-corrected chi connectivity index (χ1v) is 4.59. The number of ether oxygens (including phenoxy) is 1. The summed E-state index contributed by atoms with van der Waals surface area (Å²) in [4.78, 5) is 10.9. The first-order valence-electron chi connectivity index (χ1n) is 4.59. The molecule has 3 nitrogen and oxygen atoms in total. The molecule has 1 saturated carbocycles. The number of carbonyl (C=O) groups is 1. The second-order valence-corrected chi connectivity index (χ2v) is 3.85. The third kappa shape index (κ3) is 1.22. The summed E-state index contributed by atoms with van der Waals surface area (Å²) >= 11 is 0. The lowest BCUT2D eigenvalue weighted by atomic mass is 9.70. The van der Waals surface area contributed by atoms with Crippen LogP contribution in [0.25, 0.3) is 0 Å². The molecule has 2 fully saturated rings. The van der Waals surface area contributed by atoms with Gasteiger partial charge in [0.15, 0.2) is 0 Å². The van der Waals surface area contributed by atoms with Crippen molar-refractivity contribution in [3.63, 3.8) is 0 Å². The largest absolute Gasteiger partial charge is 0.481 e. The Balaban J connectivity index is 1.95. The van der Waals surface area contributed by atoms with Gasteiger partial charge in [-0.2, -0.15) is 0 Å². The van der Waals surface area contributed by atoms with Crippen LogP contribution in [0.15, 0.2) is 0 Å². The zero-order chi connectivity index (χ0) is 8.55. The molecule has 2 rings (SSSR count). The quantitative estimate of drug-likeness (QED) is 0.690. The van der Waals surface area contributed by atoms with Crippen LogP contribution < -0.4 is 0 Å². The molecule has 0 aromatic heterocycles. The molecule has 1 unspecified atom stereocenters. The van der Waals surface area contributed by atoms with Crippen LogP contribution in [0.4, 0.5) is 0 Å². The molecule has 1 heterocycles. The Morgan fingerprint density at radius 1 is 1.33 bits per heavy atom. The number of aliphatic carboxylic acids is 1. The third-order valence-corrected chi connectivity index (χ3v) is 3.11. The Morgan fingerprint density at radius 3 is 2.25 bits per heavy atom. The summed E-state index contributed by atoms with van der Waals surface area (Å²) in [5.41, 5.74) is 0. The maximum absolute atomic E-state index is 10.9. The van der Waals surface area contributed by atoms with E-state index in [1.165, 1.54) is 6.42 Å². The Kier molecular flexibility index (Phi) is 2.05. The molecule has 1 saturated heterocycles. The van der Waals surface area contributed by atoms with Gasteiger partial charge in [0.25, 0.3) is 0 Å². The lowest BCUT2D eigenvalue weighted by Crippen LogP contribution is -2.43. The minimum absolute atomic E-state index is 0.118. The van der Waals surface area contributed by atoms with E-state index in [2.05, 4.69) is 0 Å². The van der Waals surface area contributed by atoms with Gasteiger partial charge in [-0.25, -0.2) is 0 Å². The van der Waals surface area contributed by atoms with Gasteiger partial charge in [0.1, 0.15) is 0 Å². The molecule has 0 bridgehead atoms. The first kappa shape index (κ1) is 8.05. The minimum atomic E-state index is -0.618. The molecule has 68 valence electrons. The van der Waals surface area contributed by atoms with Crippen molar-refractivity contribution in [3.05, 3.63) is 0 Å². The fourth-order valence-electron chi connectivity index (χ4n) is 2.05. The molecule has 1 N–H and O–H groups in total. The fraction of sp³-hybridized carbons (Fsp3) is 0.889. The van der Waals surface area contributed by atoms with E-state index in [1.807, 2.05) is 0 Å². The predicted octanol–water partition coefficient (Wildman–Crippen LogP) is 1.13. The molecule has 0 amide bonds. The van der Waals surface area contributed by atoms with Crippen LogP contribution >= 0.6 is 0 Å². The highest BCUT2D eigenvalue weighted by Crippen LogP contribution is 2.39. The van der Waals surface area contributed by atoms with Crippen molar-refractivity contribution in [2.75, 3.05) is 13.2 Å². The number of carboxylic acid groups (broad SMARTS) is 1. The van der Waals surface area contributed by atoms with Crippen molar-refractivity contribution in [2.45, 2.75) is 19.3 Å². The van der Waals surface area contributed by atoms with Gasteiger partial charge in [-0.3, -0.25) is 4.79 Å². The Hall–Kier alpha value is -0.570. The molecule has 2 aliphatic rings. The van der Waals surface area contributed by atoms with Crippen molar-refractivity contribution >= 4 is 5.97 Å². The van der Waals surface area contributed by atoms with Crippen molar-refractivity contribution in [1.82, 2.24) is 0 Å². The third-order valence-electron chi connectivity index (χ3n) is 3.11. The molecule has 1 atom stereocenters. The molecule has 0 aromatic carbocycles. The van der Waals surface area contributed by atoms with Gasteiger partial charge in [0.05, 0.1) is 19.1 Å². The molecular weight excluding hydrogens is 156 g/mol. The number of carboxylic acids is 1. The van der Waals surface area contributed by atoms with E-state index in [1.54, 1.807) is 0 Å². The second-order valence-electron chi connectivity index (χ2n) is 3.85. The van der Waals surface area contributed by atoms with E-state index in [0.717, 1.165) is 12.8 Å². The zero-order valence-electron chi connectivity index (χ0n) is 7.03. The lowest BCUT2D eigenvalue weighted by Gasteiger charge is -2.39. The van der Waals surface area contributed by atoms with Gasteiger partial charge >= 0.3 is 5.97 Å². The molecule has 0 spiro atoms. The molecule has 12 heavy (non-hydrogen) atoms. The van der Waals surface area contributed by atoms with E-state index in [4.69, 9.17) is 9.84 Å². The van der Waals surface area contributed by atoms with Gasteiger partial charge in [-0.15, -0.1) is 0 Å². The van der Waals surface area contributed by atoms with Crippen LogP contribution in [0, 0.1) is 17.8 Å². The van der Waals surface area contributed by atoms with Crippen LogP contribution in [0.3, 0.4) is 0 Å². The minimum Gasteiger partial charge on any atom is -0.481 e. The standard InChI is InChI=1S/C9H14O3/c10-9(11)8(6-2-1-3-6)7-4-12-5-7/h6-8H,1-5H2,(H,10,11). The average Bonchev–Trinajstić information content (AvgIpc) is 1.77. The van der Waals surface area contributed by atoms with E-state index in [-0.39, 0.29) is 5.92 Å². The Bertz CT molecular complexity index is 168. The van der Waals surface area contributed by atoms with Gasteiger partial charge in [0, 0.05) is 5.92 Å². The van der Waals surface area contributed by atoms with E-state index in [9.17, 15) is 4.79 Å². The average molecular weight is 170 g/mol. The summed E-state index contributed by atoms with van der Waals surface area (Å²) in [6.45, 7) is 1.32. The van der Waals surface area contributed by atoms with Crippen LogP contribution in [0.2, 0.25) is 0 Å². The Morgan fingerprint density at radius 2 is 2.00 bits per heavy atom. The van der Waals surface area contributed by atoms with Gasteiger partial charge in [-0.05, 0) is 18.8 Å². The maximum atomic E-state index is 10.9. The van der Waals surface area contributed by atoms with Crippen LogP contribution in [0.1, 0.15) is 19.3 Å². The van der Waals surface area contributed by atoms with Crippen LogP contribution in [0.5, 0.6) is 0 Å². The predicted molar refractivity (Wildman–Crippen MR) is 42.8 cm³/mol. The summed E-state index contributed by atoms with van der Waals surface area (Å²) in [6.07, 6.45) is 3.42. The first-order chi connectivity index (χ1) is 5.79. The van der Waals surface area contributed by atoms with Crippen molar-refractivity contribution in [2.24, 2.45) is 17.8 Å². The summed E-state index contributed by atoms with van der Waals surface area (Å²) in [6, 6.07) is 0. The smallest absolute Gasteiger partial charge is 0.307 e. The SMILES string of the molecule is O=C(O)C(C1CCC1)C1COC1. The summed E-state index contributed by atoms with van der Waals surface area (Å²) < 4.78 is 5.02. The van der Waals surface area contributed by atoms with Crippen molar-refractivity contribution in [1.29, 1.82) is 0 Å². The Labute approximate surface area is 71.7 Å². The normalized spacial score (nSPS) is 27.3. The molecule has 1 aliphatic carbocycles. The lowest BCUT2D eigenvalue weighted by molar-refractivity contribution is -0.158. The van der Waals surface area contributed by atoms with Crippen molar-refractivity contribution < 1.29 is 14.6 Å². The number of rotatable bonds is 3. The summed E-state index contributed by atoms with van der Waals surface area (Å²) in [5.74, 6) is 0.00435. The molecule has 3 heteroatoms. The van der Waals surface area contributed by atoms with Gasteiger partial charge < -0.3 is 9.84 Å². The van der Waals surface area contributed by atoms with E-state index in [0.29, 0.717) is 25.0 Å². The monoisotopic (exact) mass is 170 g/mol. The molecule has 1 aliphatic heterocycles. The fourth-order valence-corrected chi connectivity index (χ4v) is 2.05.